The van der Waals surface area contributed by atoms with Crippen molar-refractivity contribution < 1.29 is 46.4 Å². The highest BCUT2D eigenvalue weighted by Crippen LogP contribution is 2.62. The SMILES string of the molecule is COP(=O)(OC)C(CC(=O)O)(C(=O)O)S(=O)(=O)O. The molecule has 0 spiro atoms. The summed E-state index contributed by atoms with van der Waals surface area (Å²) in [4.78, 5) is 21.6. The zero-order chi connectivity index (χ0) is 14.8. The lowest BCUT2D eigenvalue weighted by Gasteiger charge is -2.29. The van der Waals surface area contributed by atoms with Crippen LogP contribution in [0, 0.1) is 0 Å². The predicted octanol–water partition coefficient (Wildman–Crippen LogP) is -0.384. The minimum Gasteiger partial charge on any atom is -0.481 e. The summed E-state index contributed by atoms with van der Waals surface area (Å²) in [5.41, 5.74) is 0. The van der Waals surface area contributed by atoms with Gasteiger partial charge in [-0.05, 0) is 0 Å². The average Bonchev–Trinajstić information content (AvgIpc) is 2.22. The van der Waals surface area contributed by atoms with E-state index in [1.54, 1.807) is 0 Å². The maximum absolute atomic E-state index is 12.0. The zero-order valence-corrected chi connectivity index (χ0v) is 11.0. The topological polar surface area (TPSA) is 164 Å². The maximum Gasteiger partial charge on any atom is 0.365 e. The quantitative estimate of drug-likeness (QED) is 0.416. The van der Waals surface area contributed by atoms with Gasteiger partial charge >= 0.3 is 24.0 Å². The van der Waals surface area contributed by atoms with Crippen LogP contribution in [0.3, 0.4) is 0 Å². The van der Waals surface area contributed by atoms with E-state index in [1.807, 2.05) is 0 Å². The molecule has 1 atom stereocenters. The van der Waals surface area contributed by atoms with Crippen molar-refractivity contribution in [2.75, 3.05) is 14.2 Å². The monoisotopic (exact) mass is 306 g/mol. The van der Waals surface area contributed by atoms with Crippen molar-refractivity contribution in [2.24, 2.45) is 0 Å². The Morgan fingerprint density at radius 1 is 1.22 bits per heavy atom. The molecule has 0 aromatic heterocycles. The maximum atomic E-state index is 12.0. The molecule has 0 heterocycles. The zero-order valence-electron chi connectivity index (χ0n) is 9.26. The lowest BCUT2D eigenvalue weighted by atomic mass is 10.3. The molecule has 0 saturated heterocycles. The minimum atomic E-state index is -5.60. The van der Waals surface area contributed by atoms with Crippen molar-refractivity contribution in [1.29, 1.82) is 0 Å². The average molecular weight is 306 g/mol. The summed E-state index contributed by atoms with van der Waals surface area (Å²) in [5.74, 6) is -4.29. The van der Waals surface area contributed by atoms with Gasteiger partial charge in [-0.15, -0.1) is 0 Å². The number of carboxylic acid groups (broad SMARTS) is 2. The predicted molar refractivity (Wildman–Crippen MR) is 55.8 cm³/mol. The molecule has 0 radical (unpaired) electrons. The van der Waals surface area contributed by atoms with Gasteiger partial charge in [0.15, 0.2) is 0 Å². The summed E-state index contributed by atoms with van der Waals surface area (Å²) in [6.07, 6.45) is -1.69. The Kier molecular flexibility index (Phi) is 5.03. The van der Waals surface area contributed by atoms with Crippen molar-refractivity contribution in [1.82, 2.24) is 0 Å². The van der Waals surface area contributed by atoms with Crippen molar-refractivity contribution >= 4 is 29.7 Å². The highest BCUT2D eigenvalue weighted by Gasteiger charge is 2.67. The molecule has 0 fully saturated rings. The molecule has 18 heavy (non-hydrogen) atoms. The van der Waals surface area contributed by atoms with Crippen molar-refractivity contribution in [3.05, 3.63) is 0 Å². The number of carbonyl (C=O) groups is 2. The van der Waals surface area contributed by atoms with E-state index in [1.165, 1.54) is 0 Å². The third kappa shape index (κ3) is 2.54. The summed E-state index contributed by atoms with van der Waals surface area (Å²) >= 11 is 0. The van der Waals surface area contributed by atoms with Gasteiger partial charge in [0.05, 0.1) is 6.42 Å². The summed E-state index contributed by atoms with van der Waals surface area (Å²) in [7, 11) is -9.24. The Bertz CT molecular complexity index is 486. The smallest absolute Gasteiger partial charge is 0.365 e. The molecule has 1 unspecified atom stereocenters. The fourth-order valence-corrected chi connectivity index (χ4v) is 4.61. The first-order valence-electron chi connectivity index (χ1n) is 4.12. The third-order valence-corrected chi connectivity index (χ3v) is 6.81. The van der Waals surface area contributed by atoms with Gasteiger partial charge in [0.1, 0.15) is 0 Å². The second-order valence-corrected chi connectivity index (χ2v) is 7.44. The van der Waals surface area contributed by atoms with Crippen LogP contribution >= 0.6 is 7.60 Å². The summed E-state index contributed by atoms with van der Waals surface area (Å²) in [6, 6.07) is 0. The number of aliphatic carboxylic acids is 2. The molecule has 0 aromatic carbocycles. The van der Waals surface area contributed by atoms with E-state index in [4.69, 9.17) is 14.8 Å². The van der Waals surface area contributed by atoms with Gasteiger partial charge in [-0.1, -0.05) is 0 Å². The second kappa shape index (κ2) is 5.33. The van der Waals surface area contributed by atoms with Crippen LogP contribution in [0.2, 0.25) is 0 Å². The molecule has 0 aromatic rings. The van der Waals surface area contributed by atoms with Crippen molar-refractivity contribution in [2.45, 2.75) is 10.9 Å². The van der Waals surface area contributed by atoms with E-state index >= 15 is 0 Å². The van der Waals surface area contributed by atoms with Gasteiger partial charge in [-0.3, -0.25) is 13.9 Å². The lowest BCUT2D eigenvalue weighted by Crippen LogP contribution is -2.48. The van der Waals surface area contributed by atoms with Crippen LogP contribution in [0.25, 0.3) is 0 Å². The van der Waals surface area contributed by atoms with Gasteiger partial charge < -0.3 is 19.3 Å². The summed E-state index contributed by atoms with van der Waals surface area (Å²) < 4.78 is 48.0. The normalized spacial score (nSPS) is 15.9. The Balaban J connectivity index is 6.38. The van der Waals surface area contributed by atoms with Crippen LogP contribution in [-0.4, -0.2) is 53.8 Å². The number of hydrogen-bond acceptors (Lipinski definition) is 7. The van der Waals surface area contributed by atoms with E-state index in [0.29, 0.717) is 14.2 Å². The molecular weight excluding hydrogens is 295 g/mol. The molecule has 3 N–H and O–H groups in total. The fourth-order valence-electron chi connectivity index (χ4n) is 1.21. The molecule has 0 amide bonds. The van der Waals surface area contributed by atoms with E-state index in [9.17, 15) is 22.6 Å². The Hall–Kier alpha value is -1.00. The van der Waals surface area contributed by atoms with Crippen LogP contribution in [0.4, 0.5) is 0 Å². The van der Waals surface area contributed by atoms with Gasteiger partial charge in [0.2, 0.25) is 0 Å². The van der Waals surface area contributed by atoms with Crippen molar-refractivity contribution in [3.8, 4) is 0 Å². The van der Waals surface area contributed by atoms with E-state index in [2.05, 4.69) is 9.05 Å². The largest absolute Gasteiger partial charge is 0.481 e. The van der Waals surface area contributed by atoms with Crippen molar-refractivity contribution in [3.63, 3.8) is 0 Å². The highest BCUT2D eigenvalue weighted by atomic mass is 32.2. The van der Waals surface area contributed by atoms with E-state index in [0.717, 1.165) is 0 Å². The Labute approximate surface area is 102 Å². The highest BCUT2D eigenvalue weighted by molar-refractivity contribution is 7.96. The first-order valence-corrected chi connectivity index (χ1v) is 7.10. The molecule has 10 nitrogen and oxygen atoms in total. The summed E-state index contributed by atoms with van der Waals surface area (Å²) in [5, 5.41) is 17.4. The van der Waals surface area contributed by atoms with E-state index < -0.39 is 40.6 Å². The molecule has 0 aliphatic carbocycles. The van der Waals surface area contributed by atoms with E-state index in [-0.39, 0.29) is 0 Å². The third-order valence-electron chi connectivity index (χ3n) is 2.07. The second-order valence-electron chi connectivity index (χ2n) is 3.00. The molecule has 0 aliphatic rings. The Morgan fingerprint density at radius 3 is 1.78 bits per heavy atom. The summed E-state index contributed by atoms with van der Waals surface area (Å²) in [6.45, 7) is 0. The lowest BCUT2D eigenvalue weighted by molar-refractivity contribution is -0.145. The van der Waals surface area contributed by atoms with Gasteiger partial charge in [0.25, 0.3) is 10.1 Å². The van der Waals surface area contributed by atoms with Crippen LogP contribution in [0.5, 0.6) is 0 Å². The number of carboxylic acids is 2. The van der Waals surface area contributed by atoms with Gasteiger partial charge in [-0.2, -0.15) is 8.42 Å². The molecule has 0 saturated carbocycles. The van der Waals surface area contributed by atoms with Gasteiger partial charge in [0, 0.05) is 14.2 Å². The standard InChI is InChI=1S/C6H11O10PS/c1-15-17(11,16-2)6(5(9)10,3-4(7)8)18(12,13)14/h3H2,1-2H3,(H,7,8)(H,9,10)(H,12,13,14). The van der Waals surface area contributed by atoms with Crippen LogP contribution in [0.15, 0.2) is 0 Å². The van der Waals surface area contributed by atoms with Crippen LogP contribution < -0.4 is 0 Å². The fraction of sp³-hybridized carbons (Fsp3) is 0.667. The first-order chi connectivity index (χ1) is 7.98. The number of rotatable bonds is 7. The molecular formula is C6H11O10PS. The Morgan fingerprint density at radius 2 is 1.61 bits per heavy atom. The first kappa shape index (κ1) is 17.0. The van der Waals surface area contributed by atoms with Crippen LogP contribution in [-0.2, 0) is 33.3 Å². The minimum absolute atomic E-state index is 0.662. The molecule has 106 valence electrons. The van der Waals surface area contributed by atoms with Crippen LogP contribution in [0.1, 0.15) is 6.42 Å². The number of hydrogen-bond donors (Lipinski definition) is 3. The molecule has 0 bridgehead atoms. The molecule has 12 heteroatoms. The molecule has 0 rings (SSSR count). The van der Waals surface area contributed by atoms with Gasteiger partial charge in [-0.25, -0.2) is 4.79 Å². The molecule has 0 aliphatic heterocycles.